The van der Waals surface area contributed by atoms with Crippen LogP contribution >= 0.6 is 11.3 Å². The molecule has 0 aliphatic carbocycles. The van der Waals surface area contributed by atoms with Gasteiger partial charge in [0.05, 0.1) is 4.88 Å². The van der Waals surface area contributed by atoms with Gasteiger partial charge in [-0.05, 0) is 47.7 Å². The highest BCUT2D eigenvalue weighted by atomic mass is 32.1. The fourth-order valence-electron chi connectivity index (χ4n) is 1.85. The number of pyridine rings is 1. The topological polar surface area (TPSA) is 42.0 Å². The van der Waals surface area contributed by atoms with Gasteiger partial charge in [0, 0.05) is 17.4 Å². The first kappa shape index (κ1) is 14.1. The highest BCUT2D eigenvalue weighted by molar-refractivity contribution is 7.12. The van der Waals surface area contributed by atoms with E-state index in [1.165, 1.54) is 11.3 Å². The second-order valence-corrected chi connectivity index (χ2v) is 5.42. The predicted octanol–water partition coefficient (Wildman–Crippen LogP) is 3.80. The van der Waals surface area contributed by atoms with Crippen LogP contribution in [0.15, 0.2) is 66.2 Å². The molecule has 3 nitrogen and oxygen atoms in total. The molecule has 106 valence electrons. The van der Waals surface area contributed by atoms with Crippen LogP contribution in [0, 0.1) is 11.8 Å². The number of amides is 1. The lowest BCUT2D eigenvalue weighted by Gasteiger charge is -2.03. The molecule has 0 aliphatic heterocycles. The van der Waals surface area contributed by atoms with Crippen molar-refractivity contribution in [3.63, 3.8) is 0 Å². The van der Waals surface area contributed by atoms with Crippen molar-refractivity contribution in [1.29, 1.82) is 0 Å². The van der Waals surface area contributed by atoms with Crippen LogP contribution in [0.1, 0.15) is 20.9 Å². The van der Waals surface area contributed by atoms with Crippen LogP contribution in [0.4, 0.5) is 5.69 Å². The van der Waals surface area contributed by atoms with Crippen LogP contribution in [-0.2, 0) is 0 Å². The zero-order valence-electron chi connectivity index (χ0n) is 11.6. The van der Waals surface area contributed by atoms with Gasteiger partial charge >= 0.3 is 0 Å². The molecule has 0 aliphatic rings. The second kappa shape index (κ2) is 6.70. The Hall–Kier alpha value is -2.90. The maximum Gasteiger partial charge on any atom is 0.265 e. The number of thiophene rings is 1. The van der Waals surface area contributed by atoms with E-state index in [1.807, 2.05) is 53.9 Å². The Morgan fingerprint density at radius 2 is 2.00 bits per heavy atom. The van der Waals surface area contributed by atoms with Gasteiger partial charge in [0.2, 0.25) is 0 Å². The standard InChI is InChI=1S/C18H12N2OS/c21-18(17-8-4-12-22-17)20-16-7-3-5-14(13-16)9-10-15-6-1-2-11-19-15/h1-8,11-13H,(H,20,21). The summed E-state index contributed by atoms with van der Waals surface area (Å²) in [5, 5.41) is 4.75. The fourth-order valence-corrected chi connectivity index (χ4v) is 2.47. The van der Waals surface area contributed by atoms with Crippen molar-refractivity contribution < 1.29 is 4.79 Å². The van der Waals surface area contributed by atoms with Crippen molar-refractivity contribution in [3.8, 4) is 11.8 Å². The monoisotopic (exact) mass is 304 g/mol. The van der Waals surface area contributed by atoms with Crippen LogP contribution in [-0.4, -0.2) is 10.9 Å². The normalized spacial score (nSPS) is 9.64. The molecule has 0 saturated carbocycles. The minimum atomic E-state index is -0.107. The molecule has 0 spiro atoms. The molecule has 0 fully saturated rings. The van der Waals surface area contributed by atoms with Gasteiger partial charge in [-0.15, -0.1) is 11.3 Å². The third kappa shape index (κ3) is 3.60. The summed E-state index contributed by atoms with van der Waals surface area (Å²) in [6, 6.07) is 16.7. The average molecular weight is 304 g/mol. The number of nitrogens with one attached hydrogen (secondary N) is 1. The van der Waals surface area contributed by atoms with Gasteiger partial charge < -0.3 is 5.32 Å². The number of aromatic nitrogens is 1. The van der Waals surface area contributed by atoms with Crippen LogP contribution in [0.25, 0.3) is 0 Å². The molecule has 0 radical (unpaired) electrons. The summed E-state index contributed by atoms with van der Waals surface area (Å²) in [5.74, 6) is 5.94. The maximum absolute atomic E-state index is 12.0. The minimum Gasteiger partial charge on any atom is -0.321 e. The van der Waals surface area contributed by atoms with E-state index >= 15 is 0 Å². The molecule has 1 N–H and O–H groups in total. The smallest absolute Gasteiger partial charge is 0.265 e. The number of hydrogen-bond donors (Lipinski definition) is 1. The lowest BCUT2D eigenvalue weighted by atomic mass is 10.2. The van der Waals surface area contributed by atoms with E-state index in [9.17, 15) is 4.79 Å². The van der Waals surface area contributed by atoms with Crippen molar-refractivity contribution in [1.82, 2.24) is 4.98 Å². The van der Waals surface area contributed by atoms with Crippen LogP contribution in [0.2, 0.25) is 0 Å². The third-order valence-corrected chi connectivity index (χ3v) is 3.73. The van der Waals surface area contributed by atoms with E-state index in [0.717, 1.165) is 16.9 Å². The molecule has 2 heterocycles. The number of anilines is 1. The third-order valence-electron chi connectivity index (χ3n) is 2.87. The molecule has 1 amide bonds. The highest BCUT2D eigenvalue weighted by Gasteiger charge is 2.06. The summed E-state index contributed by atoms with van der Waals surface area (Å²) in [6.07, 6.45) is 1.71. The Bertz CT molecular complexity index is 830. The largest absolute Gasteiger partial charge is 0.321 e. The summed E-state index contributed by atoms with van der Waals surface area (Å²) < 4.78 is 0. The molecular formula is C18H12N2OS. The Balaban J connectivity index is 1.76. The lowest BCUT2D eigenvalue weighted by molar-refractivity contribution is 0.103. The first-order valence-corrected chi connectivity index (χ1v) is 7.57. The molecule has 22 heavy (non-hydrogen) atoms. The summed E-state index contributed by atoms with van der Waals surface area (Å²) in [4.78, 5) is 16.9. The molecule has 3 rings (SSSR count). The molecular weight excluding hydrogens is 292 g/mol. The molecule has 2 aromatic heterocycles. The van der Waals surface area contributed by atoms with Crippen LogP contribution in [0.5, 0.6) is 0 Å². The quantitative estimate of drug-likeness (QED) is 0.732. The summed E-state index contributed by atoms with van der Waals surface area (Å²) in [7, 11) is 0. The Morgan fingerprint density at radius 3 is 2.77 bits per heavy atom. The van der Waals surface area contributed by atoms with Crippen LogP contribution in [0.3, 0.4) is 0 Å². The summed E-state index contributed by atoms with van der Waals surface area (Å²) in [5.41, 5.74) is 2.27. The number of hydrogen-bond acceptors (Lipinski definition) is 3. The van der Waals surface area contributed by atoms with E-state index in [0.29, 0.717) is 4.88 Å². The fraction of sp³-hybridized carbons (Fsp3) is 0. The molecule has 0 atom stereocenters. The molecule has 4 heteroatoms. The average Bonchev–Trinajstić information content (AvgIpc) is 3.09. The highest BCUT2D eigenvalue weighted by Crippen LogP contribution is 2.14. The van der Waals surface area contributed by atoms with E-state index in [4.69, 9.17) is 0 Å². The van der Waals surface area contributed by atoms with Crippen molar-refractivity contribution in [2.75, 3.05) is 5.32 Å². The second-order valence-electron chi connectivity index (χ2n) is 4.48. The van der Waals surface area contributed by atoms with E-state index in [-0.39, 0.29) is 5.91 Å². The number of benzene rings is 1. The number of carbonyl (C=O) groups excluding carboxylic acids is 1. The summed E-state index contributed by atoms with van der Waals surface area (Å²) in [6.45, 7) is 0. The van der Waals surface area contributed by atoms with Gasteiger partial charge in [0.1, 0.15) is 5.69 Å². The van der Waals surface area contributed by atoms with Crippen molar-refractivity contribution >= 4 is 22.9 Å². The van der Waals surface area contributed by atoms with Gasteiger partial charge in [-0.2, -0.15) is 0 Å². The zero-order chi connectivity index (χ0) is 15.2. The van der Waals surface area contributed by atoms with Crippen molar-refractivity contribution in [3.05, 3.63) is 82.3 Å². The van der Waals surface area contributed by atoms with Crippen molar-refractivity contribution in [2.24, 2.45) is 0 Å². The first-order chi connectivity index (χ1) is 10.8. The zero-order valence-corrected chi connectivity index (χ0v) is 12.4. The molecule has 0 bridgehead atoms. The van der Waals surface area contributed by atoms with Gasteiger partial charge in [-0.3, -0.25) is 4.79 Å². The van der Waals surface area contributed by atoms with Crippen LogP contribution < -0.4 is 5.32 Å². The van der Waals surface area contributed by atoms with Crippen molar-refractivity contribution in [2.45, 2.75) is 0 Å². The lowest BCUT2D eigenvalue weighted by Crippen LogP contribution is -2.09. The maximum atomic E-state index is 12.0. The van der Waals surface area contributed by atoms with Gasteiger partial charge in [-0.25, -0.2) is 4.98 Å². The van der Waals surface area contributed by atoms with E-state index in [2.05, 4.69) is 22.1 Å². The van der Waals surface area contributed by atoms with Gasteiger partial charge in [0.15, 0.2) is 0 Å². The minimum absolute atomic E-state index is 0.107. The number of nitrogens with zero attached hydrogens (tertiary/aromatic N) is 1. The van der Waals surface area contributed by atoms with Gasteiger partial charge in [-0.1, -0.05) is 24.1 Å². The molecule has 3 aromatic rings. The van der Waals surface area contributed by atoms with E-state index < -0.39 is 0 Å². The number of rotatable bonds is 2. The molecule has 1 aromatic carbocycles. The summed E-state index contributed by atoms with van der Waals surface area (Å²) >= 11 is 1.41. The SMILES string of the molecule is O=C(Nc1cccc(C#Cc2ccccn2)c1)c1cccs1. The Kier molecular flexibility index (Phi) is 4.28. The Morgan fingerprint density at radius 1 is 1.05 bits per heavy atom. The number of carbonyl (C=O) groups is 1. The Labute approximate surface area is 132 Å². The predicted molar refractivity (Wildman–Crippen MR) is 88.9 cm³/mol. The van der Waals surface area contributed by atoms with Gasteiger partial charge in [0.25, 0.3) is 5.91 Å². The first-order valence-electron chi connectivity index (χ1n) is 6.69. The van der Waals surface area contributed by atoms with E-state index in [1.54, 1.807) is 12.3 Å². The molecule has 0 unspecified atom stereocenters. The molecule has 0 saturated heterocycles.